The summed E-state index contributed by atoms with van der Waals surface area (Å²) in [5, 5.41) is 0. The molecule has 0 aromatic carbocycles. The van der Waals surface area contributed by atoms with E-state index in [1.807, 2.05) is 25.3 Å². The van der Waals surface area contributed by atoms with Crippen LogP contribution in [0.3, 0.4) is 0 Å². The molecule has 0 saturated heterocycles. The van der Waals surface area contributed by atoms with Gasteiger partial charge in [0.2, 0.25) is 0 Å². The number of hydrogen-bond donors (Lipinski definition) is 1. The van der Waals surface area contributed by atoms with Crippen molar-refractivity contribution in [2.75, 3.05) is 0 Å². The van der Waals surface area contributed by atoms with E-state index < -0.39 is 0 Å². The third kappa shape index (κ3) is 1.68. The molecular formula is C12H12N2O. The van der Waals surface area contributed by atoms with Gasteiger partial charge < -0.3 is 4.98 Å². The number of rotatable bonds is 3. The van der Waals surface area contributed by atoms with Crippen molar-refractivity contribution >= 4 is 6.29 Å². The second-order valence-electron chi connectivity index (χ2n) is 3.30. The Kier molecular flexibility index (Phi) is 2.63. The van der Waals surface area contributed by atoms with E-state index in [1.54, 1.807) is 12.4 Å². The molecule has 0 aliphatic rings. The molecule has 2 aromatic rings. The highest BCUT2D eigenvalue weighted by molar-refractivity contribution is 5.81. The molecule has 1 N–H and O–H groups in total. The summed E-state index contributed by atoms with van der Waals surface area (Å²) >= 11 is 0. The topological polar surface area (TPSA) is 45.8 Å². The Morgan fingerprint density at radius 3 is 2.73 bits per heavy atom. The van der Waals surface area contributed by atoms with Crippen molar-refractivity contribution in [2.45, 2.75) is 13.3 Å². The van der Waals surface area contributed by atoms with Gasteiger partial charge in [0.25, 0.3) is 0 Å². The predicted molar refractivity (Wildman–Crippen MR) is 58.8 cm³/mol. The number of H-pyrrole nitrogens is 1. The molecule has 2 rings (SSSR count). The summed E-state index contributed by atoms with van der Waals surface area (Å²) in [5.41, 5.74) is 3.91. The maximum absolute atomic E-state index is 10.8. The van der Waals surface area contributed by atoms with Gasteiger partial charge in [-0.25, -0.2) is 0 Å². The van der Waals surface area contributed by atoms with E-state index in [2.05, 4.69) is 9.97 Å². The molecule has 0 bridgehead atoms. The highest BCUT2D eigenvalue weighted by atomic mass is 16.1. The van der Waals surface area contributed by atoms with Crippen LogP contribution in [-0.2, 0) is 6.42 Å². The average Bonchev–Trinajstić information content (AvgIpc) is 2.72. The molecule has 3 heteroatoms. The lowest BCUT2D eigenvalue weighted by Gasteiger charge is -2.01. The minimum absolute atomic E-state index is 0.671. The number of aromatic amines is 1. The highest BCUT2D eigenvalue weighted by Crippen LogP contribution is 2.25. The molecule has 0 saturated carbocycles. The summed E-state index contributed by atoms with van der Waals surface area (Å²) in [6, 6.07) is 3.88. The Bertz CT molecular complexity index is 460. The molecule has 0 spiro atoms. The van der Waals surface area contributed by atoms with Crippen LogP contribution in [0.25, 0.3) is 11.1 Å². The summed E-state index contributed by atoms with van der Waals surface area (Å²) in [7, 11) is 0. The van der Waals surface area contributed by atoms with Gasteiger partial charge in [-0.1, -0.05) is 6.92 Å². The lowest BCUT2D eigenvalue weighted by Crippen LogP contribution is -1.88. The number of pyridine rings is 1. The Morgan fingerprint density at radius 1 is 1.40 bits per heavy atom. The first-order valence-electron chi connectivity index (χ1n) is 4.92. The minimum atomic E-state index is 0.671. The van der Waals surface area contributed by atoms with Gasteiger partial charge in [-0.2, -0.15) is 0 Å². The number of nitrogens with one attached hydrogen (secondary N) is 1. The number of carbonyl (C=O) groups is 1. The number of aromatic nitrogens is 2. The summed E-state index contributed by atoms with van der Waals surface area (Å²) < 4.78 is 0. The molecule has 0 unspecified atom stereocenters. The zero-order valence-corrected chi connectivity index (χ0v) is 8.53. The first-order valence-corrected chi connectivity index (χ1v) is 4.92. The van der Waals surface area contributed by atoms with E-state index in [4.69, 9.17) is 0 Å². The molecule has 2 heterocycles. The van der Waals surface area contributed by atoms with Gasteiger partial charge in [0.1, 0.15) is 0 Å². The predicted octanol–water partition coefficient (Wildman–Crippen LogP) is 2.45. The van der Waals surface area contributed by atoms with Gasteiger partial charge >= 0.3 is 0 Å². The van der Waals surface area contributed by atoms with Crippen molar-refractivity contribution in [1.29, 1.82) is 0 Å². The molecule has 0 aliphatic heterocycles. The lowest BCUT2D eigenvalue weighted by molar-refractivity contribution is 0.111. The summed E-state index contributed by atoms with van der Waals surface area (Å²) in [5.74, 6) is 0. The van der Waals surface area contributed by atoms with Crippen LogP contribution >= 0.6 is 0 Å². The van der Waals surface area contributed by atoms with E-state index in [0.717, 1.165) is 29.4 Å². The fraction of sp³-hybridized carbons (Fsp3) is 0.167. The number of hydrogen-bond acceptors (Lipinski definition) is 2. The number of carbonyl (C=O) groups excluding carboxylic acids is 1. The highest BCUT2D eigenvalue weighted by Gasteiger charge is 2.09. The van der Waals surface area contributed by atoms with E-state index >= 15 is 0 Å². The molecule has 76 valence electrons. The molecule has 0 atom stereocenters. The molecule has 0 radical (unpaired) electrons. The van der Waals surface area contributed by atoms with Gasteiger partial charge in [-0.05, 0) is 29.7 Å². The number of aldehydes is 1. The average molecular weight is 200 g/mol. The SMILES string of the molecule is CCc1c(-c2ccncc2)c[nH]c1C=O. The van der Waals surface area contributed by atoms with Gasteiger partial charge in [-0.15, -0.1) is 0 Å². The normalized spacial score (nSPS) is 10.2. The van der Waals surface area contributed by atoms with E-state index in [0.29, 0.717) is 5.69 Å². The van der Waals surface area contributed by atoms with E-state index in [-0.39, 0.29) is 0 Å². The maximum atomic E-state index is 10.8. The van der Waals surface area contributed by atoms with Gasteiger partial charge in [-0.3, -0.25) is 9.78 Å². The summed E-state index contributed by atoms with van der Waals surface area (Å²) in [6.07, 6.45) is 7.08. The Hall–Kier alpha value is -1.90. The zero-order valence-electron chi connectivity index (χ0n) is 8.53. The lowest BCUT2D eigenvalue weighted by atomic mass is 10.0. The minimum Gasteiger partial charge on any atom is -0.358 e. The fourth-order valence-corrected chi connectivity index (χ4v) is 1.74. The van der Waals surface area contributed by atoms with Crippen LogP contribution < -0.4 is 0 Å². The largest absolute Gasteiger partial charge is 0.358 e. The molecule has 0 aliphatic carbocycles. The maximum Gasteiger partial charge on any atom is 0.166 e. The standard InChI is InChI=1S/C12H12N2O/c1-2-10-11(7-14-12(10)8-15)9-3-5-13-6-4-9/h3-8,14H,2H2,1H3. The van der Waals surface area contributed by atoms with Gasteiger partial charge in [0.15, 0.2) is 6.29 Å². The van der Waals surface area contributed by atoms with Crippen LogP contribution in [0.5, 0.6) is 0 Å². The summed E-state index contributed by atoms with van der Waals surface area (Å²) in [4.78, 5) is 17.7. The Balaban J connectivity index is 2.54. The van der Waals surface area contributed by atoms with Crippen molar-refractivity contribution in [1.82, 2.24) is 9.97 Å². The van der Waals surface area contributed by atoms with Crippen LogP contribution in [0.2, 0.25) is 0 Å². The first kappa shape index (κ1) is 9.65. The van der Waals surface area contributed by atoms with Crippen molar-refractivity contribution in [3.63, 3.8) is 0 Å². The fourth-order valence-electron chi connectivity index (χ4n) is 1.74. The molecule has 2 aromatic heterocycles. The third-order valence-electron chi connectivity index (χ3n) is 2.48. The van der Waals surface area contributed by atoms with Crippen LogP contribution in [0.4, 0.5) is 0 Å². The zero-order chi connectivity index (χ0) is 10.7. The van der Waals surface area contributed by atoms with E-state index in [9.17, 15) is 4.79 Å². The Morgan fingerprint density at radius 2 is 2.13 bits per heavy atom. The van der Waals surface area contributed by atoms with Gasteiger partial charge in [0, 0.05) is 24.2 Å². The molecule has 0 amide bonds. The number of nitrogens with zero attached hydrogens (tertiary/aromatic N) is 1. The smallest absolute Gasteiger partial charge is 0.166 e. The molecule has 15 heavy (non-hydrogen) atoms. The van der Waals surface area contributed by atoms with E-state index in [1.165, 1.54) is 0 Å². The molecular weight excluding hydrogens is 188 g/mol. The third-order valence-corrected chi connectivity index (χ3v) is 2.48. The van der Waals surface area contributed by atoms with Crippen LogP contribution in [0, 0.1) is 0 Å². The van der Waals surface area contributed by atoms with Crippen LogP contribution in [0.1, 0.15) is 23.0 Å². The van der Waals surface area contributed by atoms with Crippen molar-refractivity contribution in [3.8, 4) is 11.1 Å². The molecule has 0 fully saturated rings. The van der Waals surface area contributed by atoms with Crippen molar-refractivity contribution in [2.24, 2.45) is 0 Å². The Labute approximate surface area is 88.2 Å². The first-order chi connectivity index (χ1) is 7.36. The quantitative estimate of drug-likeness (QED) is 0.773. The monoisotopic (exact) mass is 200 g/mol. The van der Waals surface area contributed by atoms with Crippen molar-refractivity contribution in [3.05, 3.63) is 42.0 Å². The van der Waals surface area contributed by atoms with Crippen molar-refractivity contribution < 1.29 is 4.79 Å². The second kappa shape index (κ2) is 4.09. The van der Waals surface area contributed by atoms with Gasteiger partial charge in [0.05, 0.1) is 5.69 Å². The van der Waals surface area contributed by atoms with Crippen LogP contribution in [0.15, 0.2) is 30.7 Å². The second-order valence-corrected chi connectivity index (χ2v) is 3.30. The summed E-state index contributed by atoms with van der Waals surface area (Å²) in [6.45, 7) is 2.04. The van der Waals surface area contributed by atoms with Crippen LogP contribution in [-0.4, -0.2) is 16.3 Å². The molecule has 3 nitrogen and oxygen atoms in total.